The van der Waals surface area contributed by atoms with Crippen LogP contribution in [0, 0.1) is 0 Å². The maximum atomic E-state index is 12.8. The Balaban J connectivity index is 0.00000228. The number of aliphatic carboxylic acids is 2. The number of hydrogen-bond acceptors (Lipinski definition) is 4. The molecule has 0 aliphatic rings. The molecule has 4 aromatic carbocycles. The molecule has 7 heteroatoms. The quantitative estimate of drug-likeness (QED) is 0.170. The second kappa shape index (κ2) is 15.5. The van der Waals surface area contributed by atoms with E-state index in [1.807, 2.05) is 121 Å². The van der Waals surface area contributed by atoms with Gasteiger partial charge < -0.3 is 19.8 Å². The van der Waals surface area contributed by atoms with Gasteiger partial charge in [-0.25, -0.2) is 0 Å². The number of hydrogen-bond donors (Lipinski definition) is 0. The summed E-state index contributed by atoms with van der Waals surface area (Å²) in [4.78, 5) is 25.5. The minimum absolute atomic E-state index is 0. The zero-order valence-electron chi connectivity index (χ0n) is 18.6. The van der Waals surface area contributed by atoms with E-state index in [9.17, 15) is 19.8 Å². The van der Waals surface area contributed by atoms with Gasteiger partial charge in [-0.15, -0.1) is 0 Å². The van der Waals surface area contributed by atoms with Crippen LogP contribution in [0.15, 0.2) is 132 Å². The van der Waals surface area contributed by atoms with Gasteiger partial charge in [-0.05, 0) is 37.1 Å². The van der Waals surface area contributed by atoms with Gasteiger partial charge in [0, 0.05) is 10.6 Å². The summed E-state index contributed by atoms with van der Waals surface area (Å²) >= 11 is 0. The van der Waals surface area contributed by atoms with Crippen LogP contribution in [0.3, 0.4) is 0 Å². The number of carboxylic acid groups (broad SMARTS) is 2. The molecule has 2 radical (unpaired) electrons. The Kier molecular flexibility index (Phi) is 13.5. The first-order valence-corrected chi connectivity index (χ1v) is 13.2. The van der Waals surface area contributed by atoms with Gasteiger partial charge in [0.15, 0.2) is 0 Å². The van der Waals surface area contributed by atoms with Crippen LogP contribution >= 0.6 is 15.8 Å². The topological polar surface area (TPSA) is 80.3 Å². The number of carboxylic acids is 2. The Labute approximate surface area is 238 Å². The molecule has 0 atom stereocenters. The minimum Gasteiger partial charge on any atom is -0.545 e. The number of carbonyl (C=O) groups excluding carboxylic acids is 2. The van der Waals surface area contributed by atoms with Crippen molar-refractivity contribution in [2.24, 2.45) is 0 Å². The Bertz CT molecular complexity index is 1120. The van der Waals surface area contributed by atoms with Crippen molar-refractivity contribution in [1.82, 2.24) is 0 Å². The van der Waals surface area contributed by atoms with Gasteiger partial charge in [-0.3, -0.25) is 0 Å². The van der Waals surface area contributed by atoms with Crippen molar-refractivity contribution in [3.63, 3.8) is 0 Å². The van der Waals surface area contributed by atoms with Crippen LogP contribution in [0.1, 0.15) is 14.9 Å². The maximum absolute atomic E-state index is 12.8. The summed E-state index contributed by atoms with van der Waals surface area (Å²) < 4.78 is 0. The molecule has 0 heterocycles. The molecule has 0 spiro atoms. The van der Waals surface area contributed by atoms with Crippen molar-refractivity contribution in [2.45, 2.75) is 14.9 Å². The molecule has 0 aliphatic carbocycles. The molecule has 0 saturated carbocycles. The van der Waals surface area contributed by atoms with Gasteiger partial charge >= 0.3 is 23.9 Å². The van der Waals surface area contributed by atoms with E-state index in [4.69, 9.17) is 0 Å². The standard InChI is InChI=1S/C28H22O4P2.2CH4.Sn/c29-27(30)25(33(21-13-5-1-6-14-21)22-15-7-2-8-16-22)26(28(31)32)34(23-17-9-3-10-18-23)24-19-11-4-12-20-24;;;/h1-20H,(H,29,30)(H,31,32);2*1H4;/q;;;+2/p-2/b26-25-;;;. The van der Waals surface area contributed by atoms with E-state index in [1.165, 1.54) is 0 Å². The van der Waals surface area contributed by atoms with Crippen LogP contribution < -0.4 is 31.4 Å². The first-order chi connectivity index (χ1) is 16.6. The van der Waals surface area contributed by atoms with E-state index < -0.39 is 27.8 Å². The molecule has 4 nitrogen and oxygen atoms in total. The van der Waals surface area contributed by atoms with E-state index in [0.717, 1.165) is 21.2 Å². The molecule has 4 rings (SSSR count). The average molecular weight is 633 g/mol. The van der Waals surface area contributed by atoms with Crippen LogP contribution in [0.4, 0.5) is 0 Å². The van der Waals surface area contributed by atoms with Crippen molar-refractivity contribution >= 4 is 72.9 Å². The van der Waals surface area contributed by atoms with Gasteiger partial charge in [0.1, 0.15) is 0 Å². The third-order valence-electron chi connectivity index (χ3n) is 5.12. The fourth-order valence-electron chi connectivity index (χ4n) is 3.71. The van der Waals surface area contributed by atoms with Gasteiger partial charge in [0.05, 0.1) is 11.9 Å². The first kappa shape index (κ1) is 32.2. The molecule has 37 heavy (non-hydrogen) atoms. The molecule has 0 N–H and O–H groups in total. The third kappa shape index (κ3) is 7.61. The van der Waals surface area contributed by atoms with Gasteiger partial charge in [0.2, 0.25) is 0 Å². The van der Waals surface area contributed by atoms with Crippen molar-refractivity contribution in [2.75, 3.05) is 0 Å². The van der Waals surface area contributed by atoms with Crippen molar-refractivity contribution < 1.29 is 19.8 Å². The van der Waals surface area contributed by atoms with E-state index in [1.54, 1.807) is 0 Å². The molecule has 4 aromatic rings. The van der Waals surface area contributed by atoms with Gasteiger partial charge in [-0.2, -0.15) is 0 Å². The fourth-order valence-corrected chi connectivity index (χ4v) is 8.79. The molecule has 0 saturated heterocycles. The summed E-state index contributed by atoms with van der Waals surface area (Å²) in [5.74, 6) is -3.00. The second-order valence-electron chi connectivity index (χ2n) is 7.29. The van der Waals surface area contributed by atoms with E-state index in [0.29, 0.717) is 0 Å². The summed E-state index contributed by atoms with van der Waals surface area (Å²) in [7, 11) is -3.45. The molecule has 0 bridgehead atoms. The van der Waals surface area contributed by atoms with Crippen LogP contribution in [0.2, 0.25) is 0 Å². The van der Waals surface area contributed by atoms with Crippen molar-refractivity contribution in [1.29, 1.82) is 0 Å². The molecular weight excluding hydrogens is 605 g/mol. The van der Waals surface area contributed by atoms with Crippen molar-refractivity contribution in [3.05, 3.63) is 132 Å². The Morgan fingerprint density at radius 3 is 0.784 bits per heavy atom. The third-order valence-corrected chi connectivity index (χ3v) is 10.3. The van der Waals surface area contributed by atoms with Gasteiger partial charge in [0.25, 0.3) is 0 Å². The molecule has 186 valence electrons. The summed E-state index contributed by atoms with van der Waals surface area (Å²) in [5.41, 5.74) is 0. The van der Waals surface area contributed by atoms with Crippen LogP contribution in [0.25, 0.3) is 0 Å². The maximum Gasteiger partial charge on any atom is 2.00 e. The predicted molar refractivity (Wildman–Crippen MR) is 154 cm³/mol. The summed E-state index contributed by atoms with van der Waals surface area (Å²) in [6, 6.07) is 36.4. The number of rotatable bonds is 8. The Hall–Kier alpha value is -2.78. The zero-order valence-corrected chi connectivity index (χ0v) is 23.2. The SMILES string of the molecule is C.C.O=C([O-])/C(=C(\C(=O)[O-])P(c1ccccc1)c1ccccc1)P(c1ccccc1)c1ccccc1.[Sn+2]. The summed E-state index contributed by atoms with van der Waals surface area (Å²) in [6.45, 7) is 0. The average Bonchev–Trinajstić information content (AvgIpc) is 2.88. The van der Waals surface area contributed by atoms with E-state index in [-0.39, 0.29) is 49.4 Å². The molecule has 0 unspecified atom stereocenters. The molecule has 0 amide bonds. The van der Waals surface area contributed by atoms with Gasteiger partial charge in [-0.1, -0.05) is 136 Å². The smallest absolute Gasteiger partial charge is 0.545 e. The van der Waals surface area contributed by atoms with E-state index >= 15 is 0 Å². The van der Waals surface area contributed by atoms with Crippen LogP contribution in [0.5, 0.6) is 0 Å². The molecule has 0 fully saturated rings. The Morgan fingerprint density at radius 2 is 0.622 bits per heavy atom. The molecule has 0 aliphatic heterocycles. The summed E-state index contributed by atoms with van der Waals surface area (Å²) in [6.07, 6.45) is 0. The fraction of sp³-hybridized carbons (Fsp3) is 0.0667. The van der Waals surface area contributed by atoms with E-state index in [2.05, 4.69) is 0 Å². The van der Waals surface area contributed by atoms with Crippen LogP contribution in [-0.4, -0.2) is 35.8 Å². The van der Waals surface area contributed by atoms with Crippen molar-refractivity contribution in [3.8, 4) is 0 Å². The minimum atomic E-state index is -1.73. The monoisotopic (exact) mass is 634 g/mol. The largest absolute Gasteiger partial charge is 2.00 e. The van der Waals surface area contributed by atoms with Crippen LogP contribution in [-0.2, 0) is 9.59 Å². The second-order valence-corrected chi connectivity index (χ2v) is 11.6. The molecule has 0 aromatic heterocycles. The predicted octanol–water partition coefficient (Wildman–Crippen LogP) is 2.86. The summed E-state index contributed by atoms with van der Waals surface area (Å²) in [5, 5.41) is 28.0. The molecular formula is C30H28O4P2Sn. The zero-order chi connectivity index (χ0) is 23.9. The number of benzene rings is 4. The first-order valence-electron chi connectivity index (χ1n) is 10.6. The number of carbonyl (C=O) groups is 2. The normalized spacial score (nSPS) is 10.9. The Morgan fingerprint density at radius 1 is 0.432 bits per heavy atom.